The molecule has 0 radical (unpaired) electrons. The maximum absolute atomic E-state index is 11.9. The van der Waals surface area contributed by atoms with Gasteiger partial charge >= 0.3 is 5.97 Å². The molecule has 0 saturated carbocycles. The number of aliphatic imine (C=N–C) groups is 1. The molecule has 1 N–H and O–H groups in total. The number of rotatable bonds is 4. The predicted molar refractivity (Wildman–Crippen MR) is 120 cm³/mol. The average molecular weight is 484 g/mol. The number of carbonyl (C=O) groups is 1. The van der Waals surface area contributed by atoms with Crippen LogP contribution < -0.4 is 10.2 Å². The van der Waals surface area contributed by atoms with Gasteiger partial charge in [0.1, 0.15) is 0 Å². The van der Waals surface area contributed by atoms with Crippen molar-refractivity contribution < 1.29 is 9.53 Å². The molecule has 2 aliphatic rings. The average Bonchev–Trinajstić information content (AvgIpc) is 3.32. The van der Waals surface area contributed by atoms with Crippen LogP contribution in [0.4, 0.5) is 5.69 Å². The first-order valence-corrected chi connectivity index (χ1v) is 9.14. The zero-order valence-corrected chi connectivity index (χ0v) is 18.6. The van der Waals surface area contributed by atoms with Gasteiger partial charge in [-0.2, -0.15) is 0 Å². The third-order valence-electron chi connectivity index (χ3n) is 5.20. The minimum absolute atomic E-state index is 0. The quantitative estimate of drug-likeness (QED) is 0.234. The minimum atomic E-state index is -0.137. The van der Waals surface area contributed by atoms with Crippen LogP contribution in [0, 0.1) is 11.8 Å². The molecule has 2 atom stereocenters. The third-order valence-corrected chi connectivity index (χ3v) is 5.20. The van der Waals surface area contributed by atoms with Crippen LogP contribution in [-0.2, 0) is 16.1 Å². The van der Waals surface area contributed by atoms with Gasteiger partial charge in [0, 0.05) is 45.5 Å². The summed E-state index contributed by atoms with van der Waals surface area (Å²) in [7, 11) is 3.23. The zero-order chi connectivity index (χ0) is 18.5. The van der Waals surface area contributed by atoms with Crippen molar-refractivity contribution in [1.82, 2.24) is 10.2 Å². The summed E-state index contributed by atoms with van der Waals surface area (Å²) < 4.78 is 4.91. The second kappa shape index (κ2) is 9.96. The summed E-state index contributed by atoms with van der Waals surface area (Å²) in [5, 5.41) is 3.41. The first-order valence-electron chi connectivity index (χ1n) is 9.14. The predicted octanol–water partition coefficient (Wildman–Crippen LogP) is 2.50. The van der Waals surface area contributed by atoms with Crippen molar-refractivity contribution in [3.05, 3.63) is 42.0 Å². The van der Waals surface area contributed by atoms with Crippen LogP contribution in [0.25, 0.3) is 0 Å². The Morgan fingerprint density at radius 2 is 1.89 bits per heavy atom. The van der Waals surface area contributed by atoms with Crippen molar-refractivity contribution in [2.75, 3.05) is 45.2 Å². The SMILES string of the molecule is CN=C(NCc1ccc(N2CC=CC2)cc1)N1CC(C)C(C(=O)OC)C1.I. The second-order valence-electron chi connectivity index (χ2n) is 6.96. The number of guanidine groups is 1. The number of methoxy groups -OCH3 is 1. The number of benzene rings is 1. The Morgan fingerprint density at radius 3 is 2.48 bits per heavy atom. The standard InChI is InChI=1S/C20H28N4O2.HI/c1-15-13-24(14-18(15)19(25)26-3)20(21-2)22-12-16-6-8-17(9-7-16)23-10-4-5-11-23;/h4-9,15,18H,10-14H2,1-3H3,(H,21,22);1H. The number of anilines is 1. The van der Waals surface area contributed by atoms with Gasteiger partial charge in [0.15, 0.2) is 5.96 Å². The number of hydrogen-bond acceptors (Lipinski definition) is 4. The van der Waals surface area contributed by atoms with Crippen LogP contribution in [0.5, 0.6) is 0 Å². The molecule has 6 nitrogen and oxygen atoms in total. The van der Waals surface area contributed by atoms with Crippen molar-refractivity contribution in [3.8, 4) is 0 Å². The Bertz CT molecular complexity index is 682. The van der Waals surface area contributed by atoms with Crippen molar-refractivity contribution in [2.24, 2.45) is 16.8 Å². The highest BCUT2D eigenvalue weighted by atomic mass is 127. The normalized spacial score (nSPS) is 22.0. The van der Waals surface area contributed by atoms with E-state index >= 15 is 0 Å². The summed E-state index contributed by atoms with van der Waals surface area (Å²) in [4.78, 5) is 20.7. The second-order valence-corrected chi connectivity index (χ2v) is 6.96. The van der Waals surface area contributed by atoms with E-state index in [1.54, 1.807) is 7.05 Å². The van der Waals surface area contributed by atoms with Gasteiger partial charge in [-0.05, 0) is 23.6 Å². The maximum Gasteiger partial charge on any atom is 0.310 e. The lowest BCUT2D eigenvalue weighted by Crippen LogP contribution is -2.40. The van der Waals surface area contributed by atoms with E-state index in [0.29, 0.717) is 13.1 Å². The van der Waals surface area contributed by atoms with E-state index in [9.17, 15) is 4.79 Å². The molecule has 2 heterocycles. The molecular formula is C20H29IN4O2. The Kier molecular flexibility index (Phi) is 7.94. The number of carbonyl (C=O) groups excluding carboxylic acids is 1. The summed E-state index contributed by atoms with van der Waals surface area (Å²) >= 11 is 0. The van der Waals surface area contributed by atoms with E-state index in [2.05, 4.69) is 63.5 Å². The van der Waals surface area contributed by atoms with E-state index in [4.69, 9.17) is 4.74 Å². The van der Waals surface area contributed by atoms with Crippen molar-refractivity contribution in [3.63, 3.8) is 0 Å². The van der Waals surface area contributed by atoms with Gasteiger partial charge in [-0.15, -0.1) is 24.0 Å². The molecule has 2 unspecified atom stereocenters. The Labute approximate surface area is 178 Å². The zero-order valence-electron chi connectivity index (χ0n) is 16.2. The monoisotopic (exact) mass is 484 g/mol. The summed E-state index contributed by atoms with van der Waals surface area (Å²) in [5.74, 6) is 0.861. The van der Waals surface area contributed by atoms with Crippen molar-refractivity contribution in [1.29, 1.82) is 0 Å². The number of nitrogens with one attached hydrogen (secondary N) is 1. The van der Waals surface area contributed by atoms with Crippen LogP contribution >= 0.6 is 24.0 Å². The molecule has 27 heavy (non-hydrogen) atoms. The van der Waals surface area contributed by atoms with E-state index < -0.39 is 0 Å². The van der Waals surface area contributed by atoms with Crippen molar-refractivity contribution >= 4 is 41.6 Å². The minimum Gasteiger partial charge on any atom is -0.469 e. The molecule has 1 aromatic carbocycles. The summed E-state index contributed by atoms with van der Waals surface area (Å²) in [5.41, 5.74) is 2.45. The number of ether oxygens (including phenoxy) is 1. The fraction of sp³-hybridized carbons (Fsp3) is 0.500. The van der Waals surface area contributed by atoms with Crippen LogP contribution in [0.2, 0.25) is 0 Å². The third kappa shape index (κ3) is 5.15. The number of likely N-dealkylation sites (tertiary alicyclic amines) is 1. The summed E-state index contributed by atoms with van der Waals surface area (Å²) in [6.45, 7) is 6.21. The molecule has 3 rings (SSSR count). The highest BCUT2D eigenvalue weighted by Crippen LogP contribution is 2.24. The molecule has 148 valence electrons. The fourth-order valence-corrected chi connectivity index (χ4v) is 3.62. The largest absolute Gasteiger partial charge is 0.469 e. The number of nitrogens with zero attached hydrogens (tertiary/aromatic N) is 3. The first-order chi connectivity index (χ1) is 12.6. The topological polar surface area (TPSA) is 57.2 Å². The van der Waals surface area contributed by atoms with Gasteiger partial charge in [-0.3, -0.25) is 9.79 Å². The fourth-order valence-electron chi connectivity index (χ4n) is 3.62. The Balaban J connectivity index is 0.00000261. The molecule has 0 bridgehead atoms. The molecule has 1 aromatic rings. The molecule has 1 saturated heterocycles. The Hall–Kier alpha value is -1.77. The molecule has 0 spiro atoms. The van der Waals surface area contributed by atoms with E-state index in [0.717, 1.165) is 25.6 Å². The number of hydrogen-bond donors (Lipinski definition) is 1. The highest BCUT2D eigenvalue weighted by Gasteiger charge is 2.36. The van der Waals surface area contributed by atoms with Gasteiger partial charge in [0.25, 0.3) is 0 Å². The highest BCUT2D eigenvalue weighted by molar-refractivity contribution is 14.0. The van der Waals surface area contributed by atoms with Crippen LogP contribution in [-0.4, -0.2) is 57.2 Å². The van der Waals surface area contributed by atoms with Crippen LogP contribution in [0.3, 0.4) is 0 Å². The van der Waals surface area contributed by atoms with E-state index in [1.165, 1.54) is 18.4 Å². The first kappa shape index (κ1) is 21.5. The summed E-state index contributed by atoms with van der Waals surface area (Å²) in [6.07, 6.45) is 4.39. The molecule has 0 aromatic heterocycles. The summed E-state index contributed by atoms with van der Waals surface area (Å²) in [6, 6.07) is 8.63. The van der Waals surface area contributed by atoms with Crippen LogP contribution in [0.15, 0.2) is 41.4 Å². The van der Waals surface area contributed by atoms with Gasteiger partial charge in [0.05, 0.1) is 13.0 Å². The van der Waals surface area contributed by atoms with Gasteiger partial charge in [0.2, 0.25) is 0 Å². The lowest BCUT2D eigenvalue weighted by Gasteiger charge is -2.22. The lowest BCUT2D eigenvalue weighted by atomic mass is 9.99. The molecule has 2 aliphatic heterocycles. The lowest BCUT2D eigenvalue weighted by molar-refractivity contribution is -0.145. The smallest absolute Gasteiger partial charge is 0.310 e. The molecule has 0 aliphatic carbocycles. The van der Waals surface area contributed by atoms with Gasteiger partial charge in [-0.1, -0.05) is 31.2 Å². The maximum atomic E-state index is 11.9. The van der Waals surface area contributed by atoms with E-state index in [-0.39, 0.29) is 41.8 Å². The molecular weight excluding hydrogens is 455 g/mol. The van der Waals surface area contributed by atoms with Gasteiger partial charge in [-0.25, -0.2) is 0 Å². The van der Waals surface area contributed by atoms with Crippen molar-refractivity contribution in [2.45, 2.75) is 13.5 Å². The van der Waals surface area contributed by atoms with Crippen LogP contribution in [0.1, 0.15) is 12.5 Å². The molecule has 1 fully saturated rings. The van der Waals surface area contributed by atoms with Gasteiger partial charge < -0.3 is 19.9 Å². The molecule has 7 heteroatoms. The van der Waals surface area contributed by atoms with E-state index in [1.807, 2.05) is 0 Å². The number of halogens is 1. The molecule has 0 amide bonds. The number of esters is 1. The Morgan fingerprint density at radius 1 is 1.22 bits per heavy atom.